The number of nitrogens with zero attached hydrogens (tertiary/aromatic N) is 1. The smallest absolute Gasteiger partial charge is 0.246 e. The molecule has 1 aromatic carbocycles. The molecule has 2 heterocycles. The minimum atomic E-state index is -0.528. The molecule has 0 saturated carbocycles. The lowest BCUT2D eigenvalue weighted by molar-refractivity contribution is -0.126. The van der Waals surface area contributed by atoms with Gasteiger partial charge in [-0.15, -0.1) is 11.3 Å². The van der Waals surface area contributed by atoms with Gasteiger partial charge in [0.2, 0.25) is 11.8 Å². The van der Waals surface area contributed by atoms with E-state index < -0.39 is 6.04 Å². The van der Waals surface area contributed by atoms with Gasteiger partial charge in [0.1, 0.15) is 6.04 Å². The van der Waals surface area contributed by atoms with Crippen LogP contribution in [0.1, 0.15) is 50.3 Å². The van der Waals surface area contributed by atoms with Crippen LogP contribution in [0.5, 0.6) is 0 Å². The number of benzene rings is 1. The first-order valence-electron chi connectivity index (χ1n) is 10.7. The molecule has 5 nitrogen and oxygen atoms in total. The van der Waals surface area contributed by atoms with Crippen molar-refractivity contribution in [1.82, 2.24) is 5.32 Å². The van der Waals surface area contributed by atoms with Gasteiger partial charge >= 0.3 is 0 Å². The van der Waals surface area contributed by atoms with Crippen LogP contribution in [0.15, 0.2) is 36.4 Å². The Labute approximate surface area is 187 Å². The molecule has 0 aliphatic carbocycles. The highest BCUT2D eigenvalue weighted by molar-refractivity contribution is 7.16. The molecule has 0 bridgehead atoms. The van der Waals surface area contributed by atoms with Crippen LogP contribution in [-0.4, -0.2) is 30.9 Å². The van der Waals surface area contributed by atoms with Crippen molar-refractivity contribution in [3.63, 3.8) is 0 Å². The van der Waals surface area contributed by atoms with E-state index in [-0.39, 0.29) is 11.8 Å². The number of amides is 2. The molecule has 7 heteroatoms. The van der Waals surface area contributed by atoms with Crippen LogP contribution in [0.25, 0.3) is 0 Å². The van der Waals surface area contributed by atoms with E-state index in [0.717, 1.165) is 46.5 Å². The Hall–Kier alpha value is -2.05. The summed E-state index contributed by atoms with van der Waals surface area (Å²) in [6, 6.07) is 11.2. The quantitative estimate of drug-likeness (QED) is 0.523. The first-order valence-corrected chi connectivity index (χ1v) is 11.9. The molecule has 0 radical (unpaired) electrons. The van der Waals surface area contributed by atoms with Gasteiger partial charge in [-0.05, 0) is 56.0 Å². The number of halogens is 1. The number of unbranched alkanes of at least 4 members (excludes halogenated alkanes) is 1. The van der Waals surface area contributed by atoms with Crippen molar-refractivity contribution in [1.29, 1.82) is 0 Å². The summed E-state index contributed by atoms with van der Waals surface area (Å²) in [4.78, 5) is 28.8. The molecular formula is C23H30ClN3O2S. The Morgan fingerprint density at radius 1 is 1.20 bits per heavy atom. The summed E-state index contributed by atoms with van der Waals surface area (Å²) in [7, 11) is 0. The monoisotopic (exact) mass is 447 g/mol. The summed E-state index contributed by atoms with van der Waals surface area (Å²) < 4.78 is 0.724. The van der Waals surface area contributed by atoms with E-state index >= 15 is 0 Å². The highest BCUT2D eigenvalue weighted by atomic mass is 35.5. The number of aryl methyl sites for hydroxylation is 1. The Morgan fingerprint density at radius 2 is 2.00 bits per heavy atom. The van der Waals surface area contributed by atoms with Crippen molar-refractivity contribution < 1.29 is 9.59 Å². The van der Waals surface area contributed by atoms with Crippen molar-refractivity contribution in [2.24, 2.45) is 0 Å². The highest BCUT2D eigenvalue weighted by Crippen LogP contribution is 2.24. The van der Waals surface area contributed by atoms with Crippen molar-refractivity contribution in [3.8, 4) is 0 Å². The van der Waals surface area contributed by atoms with Gasteiger partial charge in [0.05, 0.1) is 4.34 Å². The molecule has 30 heavy (non-hydrogen) atoms. The number of rotatable bonds is 10. The summed E-state index contributed by atoms with van der Waals surface area (Å²) in [5.41, 5.74) is 1.91. The summed E-state index contributed by atoms with van der Waals surface area (Å²) in [5, 5.41) is 5.93. The third-order valence-electron chi connectivity index (χ3n) is 5.31. The van der Waals surface area contributed by atoms with Crippen LogP contribution in [0.4, 0.5) is 11.4 Å². The van der Waals surface area contributed by atoms with Gasteiger partial charge in [-0.2, -0.15) is 0 Å². The molecule has 2 amide bonds. The second-order valence-corrected chi connectivity index (χ2v) is 9.50. The SMILES string of the molecule is CCCCC(NC(=O)CCc1ccc(Cl)s1)C(=O)Nc1cccc(N2CCCC2)c1. The van der Waals surface area contributed by atoms with Gasteiger partial charge in [-0.25, -0.2) is 0 Å². The van der Waals surface area contributed by atoms with Crippen LogP contribution >= 0.6 is 22.9 Å². The molecule has 1 atom stereocenters. The zero-order valence-corrected chi connectivity index (χ0v) is 19.0. The maximum absolute atomic E-state index is 12.9. The van der Waals surface area contributed by atoms with E-state index in [1.165, 1.54) is 24.2 Å². The molecule has 2 aromatic rings. The van der Waals surface area contributed by atoms with E-state index in [4.69, 9.17) is 11.6 Å². The van der Waals surface area contributed by atoms with Crippen LogP contribution < -0.4 is 15.5 Å². The molecule has 1 aromatic heterocycles. The molecule has 2 N–H and O–H groups in total. The van der Waals surface area contributed by atoms with Crippen LogP contribution in [0, 0.1) is 0 Å². The summed E-state index contributed by atoms with van der Waals surface area (Å²) >= 11 is 7.43. The summed E-state index contributed by atoms with van der Waals surface area (Å²) in [6.45, 7) is 4.20. The number of hydrogen-bond acceptors (Lipinski definition) is 4. The average molecular weight is 448 g/mol. The highest BCUT2D eigenvalue weighted by Gasteiger charge is 2.21. The van der Waals surface area contributed by atoms with Crippen LogP contribution in [-0.2, 0) is 16.0 Å². The van der Waals surface area contributed by atoms with E-state index in [2.05, 4.69) is 28.5 Å². The van der Waals surface area contributed by atoms with E-state index in [0.29, 0.717) is 19.3 Å². The fraction of sp³-hybridized carbons (Fsp3) is 0.478. The molecule has 1 saturated heterocycles. The van der Waals surface area contributed by atoms with Gasteiger partial charge in [0.15, 0.2) is 0 Å². The molecule has 1 fully saturated rings. The van der Waals surface area contributed by atoms with Gasteiger partial charge < -0.3 is 15.5 Å². The zero-order valence-electron chi connectivity index (χ0n) is 17.5. The standard InChI is InChI=1S/C23H30ClN3O2S/c1-2-3-9-20(26-22(28)13-11-19-10-12-21(24)30-19)23(29)25-17-7-6-8-18(16-17)27-14-4-5-15-27/h6-8,10,12,16,20H,2-5,9,11,13-15H2,1H3,(H,25,29)(H,26,28). The number of carbonyl (C=O) groups is 2. The largest absolute Gasteiger partial charge is 0.371 e. The molecule has 0 spiro atoms. The van der Waals surface area contributed by atoms with Gasteiger partial charge in [0.25, 0.3) is 0 Å². The lowest BCUT2D eigenvalue weighted by atomic mass is 10.1. The molecule has 3 rings (SSSR count). The molecular weight excluding hydrogens is 418 g/mol. The number of hydrogen-bond donors (Lipinski definition) is 2. The lowest BCUT2D eigenvalue weighted by Gasteiger charge is -2.20. The van der Waals surface area contributed by atoms with E-state index in [1.54, 1.807) is 0 Å². The normalized spacial score (nSPS) is 14.5. The Morgan fingerprint density at radius 3 is 2.70 bits per heavy atom. The van der Waals surface area contributed by atoms with Crippen molar-refractivity contribution in [2.75, 3.05) is 23.3 Å². The minimum absolute atomic E-state index is 0.110. The summed E-state index contributed by atoms with van der Waals surface area (Å²) in [5.74, 6) is -0.267. The number of nitrogens with one attached hydrogen (secondary N) is 2. The Kier molecular flexibility index (Phi) is 8.58. The number of carbonyl (C=O) groups excluding carboxylic acids is 2. The van der Waals surface area contributed by atoms with Gasteiger partial charge in [0, 0.05) is 35.8 Å². The Balaban J connectivity index is 1.57. The Bertz CT molecular complexity index is 848. The van der Waals surface area contributed by atoms with Crippen LogP contribution in [0.2, 0.25) is 4.34 Å². The molecule has 1 unspecified atom stereocenters. The predicted molar refractivity (Wildman–Crippen MR) is 126 cm³/mol. The first-order chi connectivity index (χ1) is 14.5. The van der Waals surface area contributed by atoms with Crippen molar-refractivity contribution in [3.05, 3.63) is 45.6 Å². The first kappa shape index (κ1) is 22.6. The van der Waals surface area contributed by atoms with Crippen LogP contribution in [0.3, 0.4) is 0 Å². The fourth-order valence-corrected chi connectivity index (χ4v) is 4.74. The third-order valence-corrected chi connectivity index (χ3v) is 6.60. The van der Waals surface area contributed by atoms with E-state index in [9.17, 15) is 9.59 Å². The third kappa shape index (κ3) is 6.74. The van der Waals surface area contributed by atoms with Gasteiger partial charge in [-0.3, -0.25) is 9.59 Å². The second-order valence-electron chi connectivity index (χ2n) is 7.70. The van der Waals surface area contributed by atoms with Crippen molar-refractivity contribution >= 4 is 46.1 Å². The maximum Gasteiger partial charge on any atom is 0.246 e. The average Bonchev–Trinajstić information content (AvgIpc) is 3.41. The maximum atomic E-state index is 12.9. The van der Waals surface area contributed by atoms with E-state index in [1.807, 2.05) is 30.3 Å². The summed E-state index contributed by atoms with van der Waals surface area (Å²) in [6.07, 6.45) is 5.87. The molecule has 162 valence electrons. The zero-order chi connectivity index (χ0) is 21.3. The van der Waals surface area contributed by atoms with Crippen molar-refractivity contribution in [2.45, 2.75) is 57.9 Å². The number of anilines is 2. The predicted octanol–water partition coefficient (Wildman–Crippen LogP) is 5.25. The second kappa shape index (κ2) is 11.4. The number of thiophene rings is 1. The van der Waals surface area contributed by atoms with Gasteiger partial charge in [-0.1, -0.05) is 37.4 Å². The molecule has 1 aliphatic rings. The topological polar surface area (TPSA) is 61.4 Å². The molecule has 1 aliphatic heterocycles. The lowest BCUT2D eigenvalue weighted by Crippen LogP contribution is -2.43. The minimum Gasteiger partial charge on any atom is -0.371 e. The fourth-order valence-electron chi connectivity index (χ4n) is 3.65.